The highest BCUT2D eigenvalue weighted by Gasteiger charge is 2.25. The van der Waals surface area contributed by atoms with E-state index in [0.717, 1.165) is 42.8 Å². The van der Waals surface area contributed by atoms with E-state index in [2.05, 4.69) is 21.8 Å². The predicted molar refractivity (Wildman–Crippen MR) is 112 cm³/mol. The van der Waals surface area contributed by atoms with Crippen LogP contribution in [-0.2, 0) is 0 Å². The van der Waals surface area contributed by atoms with Gasteiger partial charge in [0.05, 0.1) is 16.8 Å². The van der Waals surface area contributed by atoms with Gasteiger partial charge in [-0.05, 0) is 13.1 Å². The molecule has 0 aliphatic carbocycles. The molecule has 1 saturated heterocycles. The number of carbonyl (C=O) groups excluding carboxylic acids is 1. The zero-order valence-electron chi connectivity index (χ0n) is 16.4. The number of benzene rings is 2. The molecule has 6 heteroatoms. The summed E-state index contributed by atoms with van der Waals surface area (Å²) in [6.07, 6.45) is 1.71. The van der Waals surface area contributed by atoms with Crippen molar-refractivity contribution in [1.82, 2.24) is 9.88 Å². The first-order valence-electron chi connectivity index (χ1n) is 9.96. The second-order valence-corrected chi connectivity index (χ2v) is 7.52. The normalized spacial score (nSPS) is 16.8. The van der Waals surface area contributed by atoms with E-state index < -0.39 is 0 Å². The summed E-state index contributed by atoms with van der Waals surface area (Å²) < 4.78 is 11.5. The van der Waals surface area contributed by atoms with Gasteiger partial charge in [-0.15, -0.1) is 0 Å². The Labute approximate surface area is 169 Å². The third kappa shape index (κ3) is 3.29. The summed E-state index contributed by atoms with van der Waals surface area (Å²) in [7, 11) is 2.12. The van der Waals surface area contributed by atoms with Crippen LogP contribution >= 0.6 is 0 Å². The van der Waals surface area contributed by atoms with Crippen LogP contribution in [0.25, 0.3) is 10.9 Å². The second-order valence-electron chi connectivity index (χ2n) is 7.52. The molecule has 2 aliphatic heterocycles. The van der Waals surface area contributed by atoms with Crippen LogP contribution in [0.15, 0.2) is 48.7 Å². The first kappa shape index (κ1) is 17.9. The Hall–Kier alpha value is -3.12. The fourth-order valence-corrected chi connectivity index (χ4v) is 4.00. The molecule has 1 aromatic heterocycles. The number of nitrogens with zero attached hydrogens (tertiary/aromatic N) is 3. The van der Waals surface area contributed by atoms with E-state index in [4.69, 9.17) is 9.47 Å². The molecular formula is C23H23N3O3. The van der Waals surface area contributed by atoms with E-state index >= 15 is 0 Å². The first-order chi connectivity index (χ1) is 14.2. The van der Waals surface area contributed by atoms with Crippen molar-refractivity contribution < 1.29 is 14.3 Å². The average Bonchev–Trinajstić information content (AvgIpc) is 2.78. The summed E-state index contributed by atoms with van der Waals surface area (Å²) in [4.78, 5) is 22.6. The lowest BCUT2D eigenvalue weighted by Gasteiger charge is -2.35. The zero-order valence-corrected chi connectivity index (χ0v) is 16.4. The Bertz CT molecular complexity index is 1060. The summed E-state index contributed by atoms with van der Waals surface area (Å²) in [6.45, 7) is 4.69. The van der Waals surface area contributed by atoms with E-state index in [9.17, 15) is 4.79 Å². The van der Waals surface area contributed by atoms with Crippen LogP contribution in [-0.4, -0.2) is 62.1 Å². The molecule has 1 fully saturated rings. The number of anilines is 1. The van der Waals surface area contributed by atoms with Crippen molar-refractivity contribution in [2.24, 2.45) is 0 Å². The number of pyridine rings is 1. The second kappa shape index (κ2) is 7.37. The number of ether oxygens (including phenoxy) is 2. The lowest BCUT2D eigenvalue weighted by molar-refractivity contribution is 0.103. The lowest BCUT2D eigenvalue weighted by Crippen LogP contribution is -2.45. The Morgan fingerprint density at radius 1 is 0.966 bits per heavy atom. The molecule has 0 radical (unpaired) electrons. The van der Waals surface area contributed by atoms with Crippen molar-refractivity contribution in [2.45, 2.75) is 0 Å². The SMILES string of the molecule is CN1CCN(c2c(C(=O)c3ccccc3)cnc3cc4c(cc23)OCCO4)CC1. The first-order valence-corrected chi connectivity index (χ1v) is 9.96. The molecule has 0 atom stereocenters. The molecule has 0 spiro atoms. The third-order valence-electron chi connectivity index (χ3n) is 5.60. The minimum absolute atomic E-state index is 0.0104. The Morgan fingerprint density at radius 2 is 1.66 bits per heavy atom. The quantitative estimate of drug-likeness (QED) is 0.642. The highest BCUT2D eigenvalue weighted by molar-refractivity contribution is 6.16. The summed E-state index contributed by atoms with van der Waals surface area (Å²) >= 11 is 0. The van der Waals surface area contributed by atoms with Gasteiger partial charge in [-0.2, -0.15) is 0 Å². The molecule has 2 aromatic carbocycles. The van der Waals surface area contributed by atoms with E-state index in [1.807, 2.05) is 42.5 Å². The Kier molecular flexibility index (Phi) is 4.56. The maximum atomic E-state index is 13.4. The van der Waals surface area contributed by atoms with Crippen molar-refractivity contribution >= 4 is 22.4 Å². The number of aromatic nitrogens is 1. The molecule has 0 bridgehead atoms. The monoisotopic (exact) mass is 389 g/mol. The van der Waals surface area contributed by atoms with Crippen molar-refractivity contribution in [2.75, 3.05) is 51.3 Å². The molecule has 148 valence electrons. The van der Waals surface area contributed by atoms with Gasteiger partial charge in [0.1, 0.15) is 13.2 Å². The summed E-state index contributed by atoms with van der Waals surface area (Å²) in [5.74, 6) is 1.41. The molecule has 29 heavy (non-hydrogen) atoms. The molecule has 3 aromatic rings. The molecule has 0 unspecified atom stereocenters. The van der Waals surface area contributed by atoms with Crippen molar-refractivity contribution in [1.29, 1.82) is 0 Å². The highest BCUT2D eigenvalue weighted by Crippen LogP contribution is 2.39. The summed E-state index contributed by atoms with van der Waals surface area (Å²) in [6, 6.07) is 13.3. The number of rotatable bonds is 3. The maximum absolute atomic E-state index is 13.4. The number of hydrogen-bond acceptors (Lipinski definition) is 6. The van der Waals surface area contributed by atoms with E-state index in [-0.39, 0.29) is 5.78 Å². The maximum Gasteiger partial charge on any atom is 0.196 e. The van der Waals surface area contributed by atoms with Crippen LogP contribution in [0.2, 0.25) is 0 Å². The van der Waals surface area contributed by atoms with E-state index in [1.54, 1.807) is 6.20 Å². The molecule has 0 N–H and O–H groups in total. The zero-order chi connectivity index (χ0) is 19.8. The fourth-order valence-electron chi connectivity index (χ4n) is 4.00. The largest absolute Gasteiger partial charge is 0.486 e. The molecule has 0 saturated carbocycles. The molecule has 3 heterocycles. The van der Waals surface area contributed by atoms with Gasteiger partial charge in [0, 0.05) is 49.4 Å². The number of ketones is 1. The molecule has 6 nitrogen and oxygen atoms in total. The molecule has 2 aliphatic rings. The van der Waals surface area contributed by atoms with Crippen LogP contribution in [0, 0.1) is 0 Å². The van der Waals surface area contributed by atoms with Crippen molar-refractivity contribution in [3.63, 3.8) is 0 Å². The van der Waals surface area contributed by atoms with Crippen molar-refractivity contribution in [3.8, 4) is 11.5 Å². The van der Waals surface area contributed by atoms with Crippen LogP contribution in [0.3, 0.4) is 0 Å². The predicted octanol–water partition coefficient (Wildman–Crippen LogP) is 2.99. The van der Waals surface area contributed by atoms with Gasteiger partial charge in [-0.1, -0.05) is 30.3 Å². The number of likely N-dealkylation sites (N-methyl/N-ethyl adjacent to an activating group) is 1. The van der Waals surface area contributed by atoms with Gasteiger partial charge < -0.3 is 19.3 Å². The number of piperazine rings is 1. The topological polar surface area (TPSA) is 54.9 Å². The van der Waals surface area contributed by atoms with Crippen LogP contribution in [0.5, 0.6) is 11.5 Å². The van der Waals surface area contributed by atoms with E-state index in [0.29, 0.717) is 35.8 Å². The molecular weight excluding hydrogens is 366 g/mol. The van der Waals surface area contributed by atoms with Gasteiger partial charge in [0.2, 0.25) is 0 Å². The summed E-state index contributed by atoms with van der Waals surface area (Å²) in [5.41, 5.74) is 3.05. The third-order valence-corrected chi connectivity index (χ3v) is 5.60. The van der Waals surface area contributed by atoms with Gasteiger partial charge in [-0.25, -0.2) is 0 Å². The highest BCUT2D eigenvalue weighted by atomic mass is 16.6. The number of carbonyl (C=O) groups is 1. The number of hydrogen-bond donors (Lipinski definition) is 0. The number of fused-ring (bicyclic) bond motifs is 2. The molecule has 0 amide bonds. The smallest absolute Gasteiger partial charge is 0.196 e. The van der Waals surface area contributed by atoms with Crippen LogP contribution in [0.1, 0.15) is 15.9 Å². The van der Waals surface area contributed by atoms with Gasteiger partial charge in [0.15, 0.2) is 17.3 Å². The average molecular weight is 389 g/mol. The van der Waals surface area contributed by atoms with Gasteiger partial charge in [0.25, 0.3) is 0 Å². The lowest BCUT2D eigenvalue weighted by atomic mass is 9.99. The molecule has 5 rings (SSSR count). The fraction of sp³-hybridized carbons (Fsp3) is 0.304. The van der Waals surface area contributed by atoms with Crippen LogP contribution in [0.4, 0.5) is 5.69 Å². The summed E-state index contributed by atoms with van der Waals surface area (Å²) in [5, 5.41) is 0.931. The Morgan fingerprint density at radius 3 is 2.38 bits per heavy atom. The minimum Gasteiger partial charge on any atom is -0.486 e. The Balaban J connectivity index is 1.69. The minimum atomic E-state index is -0.0104. The van der Waals surface area contributed by atoms with Crippen molar-refractivity contribution in [3.05, 3.63) is 59.8 Å². The van der Waals surface area contributed by atoms with Gasteiger partial charge >= 0.3 is 0 Å². The van der Waals surface area contributed by atoms with Crippen LogP contribution < -0.4 is 14.4 Å². The van der Waals surface area contributed by atoms with E-state index in [1.165, 1.54) is 0 Å². The van der Waals surface area contributed by atoms with Gasteiger partial charge in [-0.3, -0.25) is 9.78 Å². The standard InChI is InChI=1S/C23H23N3O3/c1-25-7-9-26(10-8-25)22-17-13-20-21(29-12-11-28-20)14-19(17)24-15-18(22)23(27)16-5-3-2-4-6-16/h2-6,13-15H,7-12H2,1H3.